The molecule has 4 aliphatic carbocycles. The molecule has 1 N–H and O–H groups in total. The van der Waals surface area contributed by atoms with Crippen molar-refractivity contribution < 1.29 is 4.79 Å². The van der Waals surface area contributed by atoms with E-state index < -0.39 is 0 Å². The molecule has 0 atom stereocenters. The smallest absolute Gasteiger partial charge is 0.249 e. The molecule has 0 aliphatic heterocycles. The van der Waals surface area contributed by atoms with Gasteiger partial charge in [0.15, 0.2) is 5.65 Å². The van der Waals surface area contributed by atoms with Crippen molar-refractivity contribution in [1.29, 1.82) is 0 Å². The van der Waals surface area contributed by atoms with Gasteiger partial charge in [-0.2, -0.15) is 4.98 Å². The number of imidazole rings is 1. The zero-order chi connectivity index (χ0) is 18.9. The highest BCUT2D eigenvalue weighted by Crippen LogP contribution is 2.60. The molecule has 4 bridgehead atoms. The second kappa shape index (κ2) is 5.65. The lowest BCUT2D eigenvalue weighted by atomic mass is 9.49. The Kier molecular flexibility index (Phi) is 3.29. The Bertz CT molecular complexity index is 1030. The molecule has 0 saturated heterocycles. The first-order valence-corrected chi connectivity index (χ1v) is 10.2. The van der Waals surface area contributed by atoms with Gasteiger partial charge in [0.05, 0.1) is 23.6 Å². The van der Waals surface area contributed by atoms with Crippen molar-refractivity contribution in [3.8, 4) is 5.69 Å². The van der Waals surface area contributed by atoms with E-state index in [4.69, 9.17) is 0 Å². The third-order valence-electron chi connectivity index (χ3n) is 7.18. The largest absolute Gasteiger partial charge is 0.304 e. The van der Waals surface area contributed by atoms with E-state index in [-0.39, 0.29) is 11.3 Å². The summed E-state index contributed by atoms with van der Waals surface area (Å²) in [5.41, 5.74) is 2.62. The van der Waals surface area contributed by atoms with Crippen molar-refractivity contribution in [2.75, 3.05) is 5.32 Å². The highest BCUT2D eigenvalue weighted by atomic mass is 16.2. The number of pyridine rings is 1. The Morgan fingerprint density at radius 1 is 1.18 bits per heavy atom. The van der Waals surface area contributed by atoms with Gasteiger partial charge < -0.3 is 4.57 Å². The number of anilines is 1. The number of carbonyl (C=O) groups excluding carboxylic acids is 1. The second-order valence-corrected chi connectivity index (χ2v) is 9.20. The van der Waals surface area contributed by atoms with Crippen LogP contribution in [0.1, 0.15) is 44.1 Å². The van der Waals surface area contributed by atoms with Crippen LogP contribution in [-0.2, 0) is 4.79 Å². The number of rotatable bonds is 3. The molecule has 0 spiro atoms. The van der Waals surface area contributed by atoms with E-state index in [2.05, 4.69) is 20.4 Å². The van der Waals surface area contributed by atoms with Crippen LogP contribution < -0.4 is 5.32 Å². The van der Waals surface area contributed by atoms with Crippen molar-refractivity contribution in [3.05, 3.63) is 36.5 Å². The van der Waals surface area contributed by atoms with Crippen LogP contribution in [0.15, 0.2) is 31.0 Å². The van der Waals surface area contributed by atoms with Crippen LogP contribution in [-0.4, -0.2) is 30.1 Å². The van der Waals surface area contributed by atoms with E-state index in [9.17, 15) is 4.79 Å². The van der Waals surface area contributed by atoms with Crippen LogP contribution in [0.25, 0.3) is 11.3 Å². The average molecular weight is 376 g/mol. The molecule has 7 nitrogen and oxygen atoms in total. The molecule has 0 aromatic carbocycles. The van der Waals surface area contributed by atoms with Gasteiger partial charge in [0.1, 0.15) is 0 Å². The summed E-state index contributed by atoms with van der Waals surface area (Å²) in [6, 6.07) is 1.99. The van der Waals surface area contributed by atoms with Crippen LogP contribution >= 0.6 is 0 Å². The summed E-state index contributed by atoms with van der Waals surface area (Å²) in [6.45, 7) is 2.04. The van der Waals surface area contributed by atoms with E-state index in [0.717, 1.165) is 53.9 Å². The van der Waals surface area contributed by atoms with Crippen LogP contribution in [0, 0.1) is 30.1 Å². The van der Waals surface area contributed by atoms with Gasteiger partial charge in [0.2, 0.25) is 11.9 Å². The number of aromatic nitrogens is 5. The molecule has 3 aromatic heterocycles. The predicted molar refractivity (Wildman–Crippen MR) is 104 cm³/mol. The zero-order valence-corrected chi connectivity index (χ0v) is 16.0. The summed E-state index contributed by atoms with van der Waals surface area (Å²) in [7, 11) is 0. The van der Waals surface area contributed by atoms with Crippen molar-refractivity contribution in [3.63, 3.8) is 0 Å². The number of nitrogens with one attached hydrogen (secondary N) is 1. The van der Waals surface area contributed by atoms with E-state index >= 15 is 0 Å². The predicted octanol–water partition coefficient (Wildman–Crippen LogP) is 3.38. The quantitative estimate of drug-likeness (QED) is 0.760. The van der Waals surface area contributed by atoms with E-state index in [1.54, 1.807) is 17.0 Å². The molecule has 0 unspecified atom stereocenters. The third-order valence-corrected chi connectivity index (χ3v) is 7.18. The third kappa shape index (κ3) is 2.41. The van der Waals surface area contributed by atoms with Crippen LogP contribution in [0.4, 0.5) is 5.95 Å². The van der Waals surface area contributed by atoms with Crippen molar-refractivity contribution in [2.45, 2.75) is 45.4 Å². The number of hydrogen-bond acceptors (Lipinski definition) is 4. The van der Waals surface area contributed by atoms with Gasteiger partial charge in [-0.05, 0) is 74.8 Å². The van der Waals surface area contributed by atoms with E-state index in [1.165, 1.54) is 19.3 Å². The number of nitrogens with zero attached hydrogens (tertiary/aromatic N) is 5. The SMILES string of the molecule is Cc1cc2nc(NC(=O)C34CC5CC(CC(C5)C3)C4)nn2cc1-n1ccnc1. The van der Waals surface area contributed by atoms with Gasteiger partial charge in [-0.1, -0.05) is 0 Å². The first kappa shape index (κ1) is 16.3. The first-order valence-electron chi connectivity index (χ1n) is 10.2. The normalized spacial score (nSPS) is 30.8. The molecule has 28 heavy (non-hydrogen) atoms. The summed E-state index contributed by atoms with van der Waals surface area (Å²) in [6.07, 6.45) is 14.5. The highest BCUT2D eigenvalue weighted by Gasteiger charge is 2.54. The number of carbonyl (C=O) groups is 1. The molecule has 3 heterocycles. The summed E-state index contributed by atoms with van der Waals surface area (Å²) in [5.74, 6) is 2.77. The average Bonchev–Trinajstić information content (AvgIpc) is 3.29. The molecule has 4 fully saturated rings. The minimum absolute atomic E-state index is 0.133. The van der Waals surface area contributed by atoms with E-state index in [0.29, 0.717) is 5.95 Å². The van der Waals surface area contributed by atoms with Gasteiger partial charge in [0.25, 0.3) is 0 Å². The van der Waals surface area contributed by atoms with Crippen LogP contribution in [0.3, 0.4) is 0 Å². The van der Waals surface area contributed by atoms with Gasteiger partial charge in [-0.15, -0.1) is 5.10 Å². The highest BCUT2D eigenvalue weighted by molar-refractivity contribution is 5.94. The lowest BCUT2D eigenvalue weighted by Gasteiger charge is -2.55. The Hall–Kier alpha value is -2.70. The maximum Gasteiger partial charge on any atom is 0.249 e. The van der Waals surface area contributed by atoms with Gasteiger partial charge in [0, 0.05) is 12.4 Å². The minimum atomic E-state index is -0.190. The fraction of sp³-hybridized carbons (Fsp3) is 0.524. The molecule has 144 valence electrons. The molecule has 1 amide bonds. The zero-order valence-electron chi connectivity index (χ0n) is 16.0. The Balaban J connectivity index is 1.30. The fourth-order valence-electron chi connectivity index (χ4n) is 6.36. The molecular formula is C21H24N6O. The number of hydrogen-bond donors (Lipinski definition) is 1. The number of aryl methyl sites for hydroxylation is 1. The maximum absolute atomic E-state index is 13.3. The fourth-order valence-corrected chi connectivity index (χ4v) is 6.36. The monoisotopic (exact) mass is 376 g/mol. The van der Waals surface area contributed by atoms with Crippen molar-refractivity contribution in [2.24, 2.45) is 23.2 Å². The second-order valence-electron chi connectivity index (χ2n) is 9.20. The van der Waals surface area contributed by atoms with Crippen molar-refractivity contribution >= 4 is 17.5 Å². The van der Waals surface area contributed by atoms with Crippen molar-refractivity contribution in [1.82, 2.24) is 24.1 Å². The van der Waals surface area contributed by atoms with Crippen LogP contribution in [0.5, 0.6) is 0 Å². The Labute approximate surface area is 163 Å². The Morgan fingerprint density at radius 3 is 2.54 bits per heavy atom. The van der Waals surface area contributed by atoms with Gasteiger partial charge in [-0.3, -0.25) is 10.1 Å². The van der Waals surface area contributed by atoms with E-state index in [1.807, 2.05) is 30.0 Å². The molecular weight excluding hydrogens is 352 g/mol. The standard InChI is InChI=1S/C21H24N6O/c1-13-4-18-23-20(25-27(18)11-17(13)26-3-2-22-12-26)24-19(28)21-8-14-5-15(9-21)7-16(6-14)10-21/h2-4,11-12,14-16H,5-10H2,1H3,(H,24,25,28). The maximum atomic E-state index is 13.3. The molecule has 7 heteroatoms. The summed E-state index contributed by atoms with van der Waals surface area (Å²) in [5, 5.41) is 7.59. The van der Waals surface area contributed by atoms with Gasteiger partial charge in [-0.25, -0.2) is 9.50 Å². The first-order chi connectivity index (χ1) is 13.6. The topological polar surface area (TPSA) is 77.1 Å². The summed E-state index contributed by atoms with van der Waals surface area (Å²) < 4.78 is 3.68. The number of fused-ring (bicyclic) bond motifs is 1. The summed E-state index contributed by atoms with van der Waals surface area (Å²) in [4.78, 5) is 21.9. The lowest BCUT2D eigenvalue weighted by Crippen LogP contribution is -2.51. The lowest BCUT2D eigenvalue weighted by molar-refractivity contribution is -0.140. The van der Waals surface area contributed by atoms with Gasteiger partial charge >= 0.3 is 0 Å². The molecule has 4 aliphatic rings. The Morgan fingerprint density at radius 2 is 1.89 bits per heavy atom. The molecule has 4 saturated carbocycles. The molecule has 7 rings (SSSR count). The number of amides is 1. The summed E-state index contributed by atoms with van der Waals surface area (Å²) >= 11 is 0. The van der Waals surface area contributed by atoms with Crippen LogP contribution in [0.2, 0.25) is 0 Å². The molecule has 0 radical (unpaired) electrons. The minimum Gasteiger partial charge on any atom is -0.304 e. The molecule has 3 aromatic rings.